The highest BCUT2D eigenvalue weighted by Crippen LogP contribution is 2.19. The molecule has 0 aliphatic heterocycles. The quantitative estimate of drug-likeness (QED) is 0.826. The maximum Gasteiger partial charge on any atom is 0.234 e. The molecule has 1 aromatic rings. The van der Waals surface area contributed by atoms with Gasteiger partial charge in [-0.3, -0.25) is 9.69 Å². The summed E-state index contributed by atoms with van der Waals surface area (Å²) in [5, 5.41) is 13.5. The highest BCUT2D eigenvalue weighted by molar-refractivity contribution is 9.10. The molecule has 0 saturated carbocycles. The van der Waals surface area contributed by atoms with E-state index in [1.807, 2.05) is 11.4 Å². The Morgan fingerprint density at radius 2 is 2.44 bits per heavy atom. The van der Waals surface area contributed by atoms with Gasteiger partial charge in [0.25, 0.3) is 0 Å². The third kappa shape index (κ3) is 5.07. The van der Waals surface area contributed by atoms with Gasteiger partial charge in [0.1, 0.15) is 0 Å². The number of hydrogen-bond donors (Lipinski definition) is 2. The molecule has 0 bridgehead atoms. The zero-order chi connectivity index (χ0) is 12.0. The van der Waals surface area contributed by atoms with E-state index in [4.69, 9.17) is 5.11 Å². The third-order valence-corrected chi connectivity index (χ3v) is 3.67. The van der Waals surface area contributed by atoms with Crippen LogP contribution in [0.2, 0.25) is 0 Å². The van der Waals surface area contributed by atoms with Crippen LogP contribution in [-0.2, 0) is 11.3 Å². The summed E-state index contributed by atoms with van der Waals surface area (Å²) < 4.78 is 1.04. The zero-order valence-electron chi connectivity index (χ0n) is 9.07. The molecule has 0 aromatic carbocycles. The van der Waals surface area contributed by atoms with Crippen molar-refractivity contribution in [2.24, 2.45) is 0 Å². The third-order valence-electron chi connectivity index (χ3n) is 1.98. The number of amides is 1. The average molecular weight is 307 g/mol. The molecule has 0 aliphatic carbocycles. The summed E-state index contributed by atoms with van der Waals surface area (Å²) in [5.74, 6) is -0.0273. The van der Waals surface area contributed by atoms with E-state index in [-0.39, 0.29) is 12.5 Å². The minimum atomic E-state index is -0.0273. The van der Waals surface area contributed by atoms with Gasteiger partial charge in [0.2, 0.25) is 5.91 Å². The summed E-state index contributed by atoms with van der Waals surface area (Å²) in [6, 6.07) is 1.99. The maximum absolute atomic E-state index is 11.5. The summed E-state index contributed by atoms with van der Waals surface area (Å²) in [6.45, 7) is 1.45. The predicted molar refractivity (Wildman–Crippen MR) is 68.4 cm³/mol. The standard InChI is InChI=1S/C10H15BrN2O2S/c1-13(2-3-14)6-10(15)12-5-9-4-8(11)7-16-9/h4,7,14H,2-3,5-6H2,1H3,(H,12,15). The van der Waals surface area contributed by atoms with Gasteiger partial charge in [-0.25, -0.2) is 0 Å². The number of nitrogens with zero attached hydrogens (tertiary/aromatic N) is 1. The van der Waals surface area contributed by atoms with E-state index < -0.39 is 0 Å². The van der Waals surface area contributed by atoms with E-state index in [0.29, 0.717) is 19.6 Å². The van der Waals surface area contributed by atoms with E-state index >= 15 is 0 Å². The molecule has 0 fully saturated rings. The fourth-order valence-electron chi connectivity index (χ4n) is 1.18. The summed E-state index contributed by atoms with van der Waals surface area (Å²) in [7, 11) is 1.80. The van der Waals surface area contributed by atoms with Crippen LogP contribution in [0.5, 0.6) is 0 Å². The Morgan fingerprint density at radius 3 is 3.00 bits per heavy atom. The van der Waals surface area contributed by atoms with Crippen molar-refractivity contribution >= 4 is 33.2 Å². The Kier molecular flexibility index (Phi) is 5.97. The number of hydrogen-bond acceptors (Lipinski definition) is 4. The molecular formula is C10H15BrN2O2S. The number of rotatable bonds is 6. The van der Waals surface area contributed by atoms with Crippen molar-refractivity contribution in [3.8, 4) is 0 Å². The Labute approximate surface area is 107 Å². The molecule has 6 heteroatoms. The van der Waals surface area contributed by atoms with Crippen molar-refractivity contribution in [2.75, 3.05) is 26.7 Å². The molecule has 0 spiro atoms. The highest BCUT2D eigenvalue weighted by atomic mass is 79.9. The van der Waals surface area contributed by atoms with Crippen LogP contribution < -0.4 is 5.32 Å². The molecule has 0 aliphatic rings. The largest absolute Gasteiger partial charge is 0.395 e. The van der Waals surface area contributed by atoms with E-state index in [2.05, 4.69) is 21.2 Å². The molecule has 0 saturated heterocycles. The molecular weight excluding hydrogens is 292 g/mol. The summed E-state index contributed by atoms with van der Waals surface area (Å²) in [5.41, 5.74) is 0. The molecule has 4 nitrogen and oxygen atoms in total. The lowest BCUT2D eigenvalue weighted by molar-refractivity contribution is -0.122. The molecule has 90 valence electrons. The number of carbonyl (C=O) groups excluding carboxylic acids is 1. The Hall–Kier alpha value is -0.430. The second kappa shape index (κ2) is 7.01. The first-order chi connectivity index (χ1) is 7.61. The van der Waals surface area contributed by atoms with E-state index in [1.165, 1.54) is 0 Å². The van der Waals surface area contributed by atoms with E-state index in [1.54, 1.807) is 23.3 Å². The van der Waals surface area contributed by atoms with Crippen LogP contribution in [0.15, 0.2) is 15.9 Å². The molecule has 1 rings (SSSR count). The topological polar surface area (TPSA) is 52.6 Å². The molecule has 1 aromatic heterocycles. The van der Waals surface area contributed by atoms with Crippen LogP contribution in [0, 0.1) is 0 Å². The molecule has 1 amide bonds. The van der Waals surface area contributed by atoms with Gasteiger partial charge in [-0.05, 0) is 29.0 Å². The van der Waals surface area contributed by atoms with Crippen molar-refractivity contribution in [3.05, 3.63) is 20.8 Å². The maximum atomic E-state index is 11.5. The first kappa shape index (κ1) is 13.6. The van der Waals surface area contributed by atoms with Gasteiger partial charge >= 0.3 is 0 Å². The van der Waals surface area contributed by atoms with Crippen LogP contribution in [-0.4, -0.2) is 42.7 Å². The number of aliphatic hydroxyl groups is 1. The van der Waals surface area contributed by atoms with Crippen LogP contribution in [0.3, 0.4) is 0 Å². The lowest BCUT2D eigenvalue weighted by Crippen LogP contribution is -2.35. The first-order valence-corrected chi connectivity index (χ1v) is 6.58. The van der Waals surface area contributed by atoms with Gasteiger partial charge in [0.05, 0.1) is 19.7 Å². The van der Waals surface area contributed by atoms with Gasteiger partial charge in [0.15, 0.2) is 0 Å². The first-order valence-electron chi connectivity index (χ1n) is 4.91. The van der Waals surface area contributed by atoms with E-state index in [9.17, 15) is 4.79 Å². The second-order valence-corrected chi connectivity index (χ2v) is 5.38. The van der Waals surface area contributed by atoms with Crippen molar-refractivity contribution in [1.29, 1.82) is 0 Å². The number of nitrogens with one attached hydrogen (secondary N) is 1. The number of thiophene rings is 1. The highest BCUT2D eigenvalue weighted by Gasteiger charge is 2.06. The van der Waals surface area contributed by atoms with Crippen molar-refractivity contribution < 1.29 is 9.90 Å². The minimum absolute atomic E-state index is 0.0273. The normalized spacial score (nSPS) is 10.8. The number of aliphatic hydroxyl groups excluding tert-OH is 1. The zero-order valence-corrected chi connectivity index (χ0v) is 11.5. The van der Waals surface area contributed by atoms with Crippen LogP contribution in [0.25, 0.3) is 0 Å². The van der Waals surface area contributed by atoms with Gasteiger partial charge in [-0.2, -0.15) is 0 Å². The predicted octanol–water partition coefficient (Wildman–Crippen LogP) is 1.05. The van der Waals surface area contributed by atoms with Crippen molar-refractivity contribution in [2.45, 2.75) is 6.54 Å². The fraction of sp³-hybridized carbons (Fsp3) is 0.500. The molecule has 1 heterocycles. The lowest BCUT2D eigenvalue weighted by Gasteiger charge is -2.14. The van der Waals surface area contributed by atoms with Crippen molar-refractivity contribution in [1.82, 2.24) is 10.2 Å². The fourth-order valence-corrected chi connectivity index (χ4v) is 2.57. The SMILES string of the molecule is CN(CCO)CC(=O)NCc1cc(Br)cs1. The van der Waals surface area contributed by atoms with Crippen LogP contribution >= 0.6 is 27.3 Å². The molecule has 0 atom stereocenters. The molecule has 2 N–H and O–H groups in total. The number of carbonyl (C=O) groups is 1. The molecule has 16 heavy (non-hydrogen) atoms. The monoisotopic (exact) mass is 306 g/mol. The molecule has 0 radical (unpaired) electrons. The lowest BCUT2D eigenvalue weighted by atomic mass is 10.4. The van der Waals surface area contributed by atoms with Gasteiger partial charge in [0, 0.05) is 21.3 Å². The number of likely N-dealkylation sites (N-methyl/N-ethyl adjacent to an activating group) is 1. The average Bonchev–Trinajstić information content (AvgIpc) is 2.61. The van der Waals surface area contributed by atoms with Crippen LogP contribution in [0.4, 0.5) is 0 Å². The Bertz CT molecular complexity index is 343. The summed E-state index contributed by atoms with van der Waals surface area (Å²) >= 11 is 4.97. The van der Waals surface area contributed by atoms with Gasteiger partial charge in [-0.1, -0.05) is 0 Å². The smallest absolute Gasteiger partial charge is 0.234 e. The van der Waals surface area contributed by atoms with Crippen LogP contribution in [0.1, 0.15) is 4.88 Å². The molecule has 0 unspecified atom stereocenters. The van der Waals surface area contributed by atoms with Crippen molar-refractivity contribution in [3.63, 3.8) is 0 Å². The number of halogens is 1. The Morgan fingerprint density at radius 1 is 1.69 bits per heavy atom. The summed E-state index contributed by atoms with van der Waals surface area (Å²) in [6.07, 6.45) is 0. The minimum Gasteiger partial charge on any atom is -0.395 e. The van der Waals surface area contributed by atoms with Gasteiger partial charge < -0.3 is 10.4 Å². The summed E-state index contributed by atoms with van der Waals surface area (Å²) in [4.78, 5) is 14.4. The van der Waals surface area contributed by atoms with E-state index in [0.717, 1.165) is 9.35 Å². The van der Waals surface area contributed by atoms with Gasteiger partial charge in [-0.15, -0.1) is 11.3 Å². The Balaban J connectivity index is 2.25. The second-order valence-electron chi connectivity index (χ2n) is 3.47.